The van der Waals surface area contributed by atoms with E-state index < -0.39 is 0 Å². The van der Waals surface area contributed by atoms with Crippen molar-refractivity contribution in [3.05, 3.63) is 53.6 Å². The van der Waals surface area contributed by atoms with Gasteiger partial charge in [0, 0.05) is 18.0 Å². The van der Waals surface area contributed by atoms with Crippen molar-refractivity contribution in [3.8, 4) is 0 Å². The monoisotopic (exact) mass is 244 g/mol. The van der Waals surface area contributed by atoms with E-state index in [9.17, 15) is 4.79 Å². The first-order valence-electron chi connectivity index (χ1n) is 5.85. The van der Waals surface area contributed by atoms with Crippen LogP contribution in [0, 0.1) is 0 Å². The Morgan fingerprint density at radius 3 is 2.94 bits per heavy atom. The Bertz CT molecular complexity index is 507. The Kier molecular flexibility index (Phi) is 4.09. The van der Waals surface area contributed by atoms with Crippen molar-refractivity contribution in [2.75, 3.05) is 6.54 Å². The molecule has 0 saturated heterocycles. The molecule has 1 heterocycles. The van der Waals surface area contributed by atoms with E-state index in [0.29, 0.717) is 25.1 Å². The number of aromatic nitrogens is 2. The Morgan fingerprint density at radius 2 is 2.22 bits per heavy atom. The van der Waals surface area contributed by atoms with E-state index in [-0.39, 0.29) is 5.91 Å². The lowest BCUT2D eigenvalue weighted by atomic mass is 10.0. The van der Waals surface area contributed by atoms with Gasteiger partial charge in [-0.15, -0.1) is 0 Å². The van der Waals surface area contributed by atoms with Gasteiger partial charge in [-0.2, -0.15) is 0 Å². The van der Waals surface area contributed by atoms with Crippen molar-refractivity contribution in [1.29, 1.82) is 0 Å². The number of hydrogen-bond acceptors (Lipinski definition) is 3. The number of hydrogen-bond donors (Lipinski definition) is 3. The molecule has 5 heteroatoms. The first-order chi connectivity index (χ1) is 8.81. The highest BCUT2D eigenvalue weighted by Crippen LogP contribution is 2.09. The minimum Gasteiger partial charge on any atom is -0.347 e. The van der Waals surface area contributed by atoms with E-state index in [4.69, 9.17) is 5.73 Å². The Labute approximate surface area is 105 Å². The molecule has 0 aliphatic carbocycles. The maximum Gasteiger partial charge on any atom is 0.251 e. The number of benzene rings is 1. The number of H-pyrrole nitrogens is 1. The number of nitrogens with zero attached hydrogens (tertiary/aromatic N) is 1. The molecule has 0 unspecified atom stereocenters. The molecule has 1 aromatic carbocycles. The summed E-state index contributed by atoms with van der Waals surface area (Å²) in [7, 11) is 0. The average molecular weight is 244 g/mol. The molecule has 0 aliphatic heterocycles. The van der Waals surface area contributed by atoms with Crippen molar-refractivity contribution in [1.82, 2.24) is 15.3 Å². The zero-order valence-electron chi connectivity index (χ0n) is 10.0. The van der Waals surface area contributed by atoms with Gasteiger partial charge < -0.3 is 16.0 Å². The Hall–Kier alpha value is -2.14. The van der Waals surface area contributed by atoms with Crippen LogP contribution in [0.15, 0.2) is 36.7 Å². The van der Waals surface area contributed by atoms with Crippen LogP contribution >= 0.6 is 0 Å². The molecular weight excluding hydrogens is 228 g/mol. The van der Waals surface area contributed by atoms with Crippen molar-refractivity contribution >= 4 is 5.91 Å². The third-order valence-corrected chi connectivity index (χ3v) is 2.65. The zero-order valence-corrected chi connectivity index (χ0v) is 10.0. The summed E-state index contributed by atoms with van der Waals surface area (Å²) in [4.78, 5) is 19.0. The summed E-state index contributed by atoms with van der Waals surface area (Å²) < 4.78 is 0. The summed E-state index contributed by atoms with van der Waals surface area (Å²) in [6.07, 6.45) is 4.08. The SMILES string of the molecule is NCCc1ccccc1C(=O)NCc1ncc[nH]1. The number of nitrogens with one attached hydrogen (secondary N) is 2. The minimum atomic E-state index is -0.101. The van der Waals surface area contributed by atoms with Gasteiger partial charge in [0.1, 0.15) is 5.82 Å². The first kappa shape index (κ1) is 12.3. The van der Waals surface area contributed by atoms with Gasteiger partial charge in [-0.3, -0.25) is 4.79 Å². The van der Waals surface area contributed by atoms with Gasteiger partial charge >= 0.3 is 0 Å². The molecule has 4 N–H and O–H groups in total. The summed E-state index contributed by atoms with van der Waals surface area (Å²) in [5.74, 6) is 0.634. The molecule has 1 aromatic heterocycles. The largest absolute Gasteiger partial charge is 0.347 e. The molecule has 18 heavy (non-hydrogen) atoms. The van der Waals surface area contributed by atoms with Crippen molar-refractivity contribution < 1.29 is 4.79 Å². The van der Waals surface area contributed by atoms with Crippen LogP contribution in [0.25, 0.3) is 0 Å². The lowest BCUT2D eigenvalue weighted by Crippen LogP contribution is -2.25. The molecule has 0 aliphatic rings. The number of amides is 1. The van der Waals surface area contributed by atoms with E-state index >= 15 is 0 Å². The van der Waals surface area contributed by atoms with E-state index in [2.05, 4.69) is 15.3 Å². The van der Waals surface area contributed by atoms with Crippen LogP contribution < -0.4 is 11.1 Å². The van der Waals surface area contributed by atoms with Gasteiger partial charge in [0.25, 0.3) is 5.91 Å². The van der Waals surface area contributed by atoms with E-state index in [0.717, 1.165) is 11.4 Å². The van der Waals surface area contributed by atoms with E-state index in [1.165, 1.54) is 0 Å². The minimum absolute atomic E-state index is 0.101. The quantitative estimate of drug-likeness (QED) is 0.728. The van der Waals surface area contributed by atoms with Gasteiger partial charge in [0.2, 0.25) is 0 Å². The van der Waals surface area contributed by atoms with Crippen LogP contribution in [-0.4, -0.2) is 22.4 Å². The second-order valence-electron chi connectivity index (χ2n) is 3.91. The van der Waals surface area contributed by atoms with E-state index in [1.807, 2.05) is 24.3 Å². The van der Waals surface area contributed by atoms with Crippen LogP contribution in [0.4, 0.5) is 0 Å². The molecular formula is C13H16N4O. The fourth-order valence-corrected chi connectivity index (χ4v) is 1.77. The highest BCUT2D eigenvalue weighted by molar-refractivity contribution is 5.95. The molecule has 0 saturated carbocycles. The molecule has 2 aromatic rings. The van der Waals surface area contributed by atoms with Gasteiger partial charge in [0.05, 0.1) is 6.54 Å². The normalized spacial score (nSPS) is 10.3. The summed E-state index contributed by atoms with van der Waals surface area (Å²) in [6, 6.07) is 7.49. The average Bonchev–Trinajstić information content (AvgIpc) is 2.90. The summed E-state index contributed by atoms with van der Waals surface area (Å²) in [5, 5.41) is 2.83. The molecule has 5 nitrogen and oxygen atoms in total. The third kappa shape index (κ3) is 2.95. The van der Waals surface area contributed by atoms with Crippen LogP contribution in [-0.2, 0) is 13.0 Å². The van der Waals surface area contributed by atoms with Crippen molar-refractivity contribution in [2.24, 2.45) is 5.73 Å². The highest BCUT2D eigenvalue weighted by atomic mass is 16.1. The molecule has 0 radical (unpaired) electrons. The molecule has 94 valence electrons. The fraction of sp³-hybridized carbons (Fsp3) is 0.231. The second-order valence-corrected chi connectivity index (χ2v) is 3.91. The van der Waals surface area contributed by atoms with Gasteiger partial charge in [0.15, 0.2) is 0 Å². The summed E-state index contributed by atoms with van der Waals surface area (Å²) in [6.45, 7) is 0.922. The van der Waals surface area contributed by atoms with Crippen molar-refractivity contribution in [3.63, 3.8) is 0 Å². The maximum absolute atomic E-state index is 12.0. The number of aromatic amines is 1. The Balaban J connectivity index is 2.04. The smallest absolute Gasteiger partial charge is 0.251 e. The molecule has 0 fully saturated rings. The zero-order chi connectivity index (χ0) is 12.8. The van der Waals surface area contributed by atoms with Crippen LogP contribution in [0.3, 0.4) is 0 Å². The summed E-state index contributed by atoms with van der Waals surface area (Å²) >= 11 is 0. The third-order valence-electron chi connectivity index (χ3n) is 2.65. The topological polar surface area (TPSA) is 83.8 Å². The number of nitrogens with two attached hydrogens (primary N) is 1. The number of imidazole rings is 1. The molecule has 2 rings (SSSR count). The highest BCUT2D eigenvalue weighted by Gasteiger charge is 2.10. The molecule has 0 atom stereocenters. The van der Waals surface area contributed by atoms with E-state index in [1.54, 1.807) is 12.4 Å². The van der Waals surface area contributed by atoms with Gasteiger partial charge in [-0.25, -0.2) is 4.98 Å². The standard InChI is InChI=1S/C13H16N4O/c14-6-5-10-3-1-2-4-11(10)13(18)17-9-12-15-7-8-16-12/h1-4,7-8H,5-6,9,14H2,(H,15,16)(H,17,18). The summed E-state index contributed by atoms with van der Waals surface area (Å²) in [5.41, 5.74) is 7.18. The van der Waals surface area contributed by atoms with Crippen LogP contribution in [0.1, 0.15) is 21.7 Å². The van der Waals surface area contributed by atoms with Gasteiger partial charge in [-0.05, 0) is 24.6 Å². The lowest BCUT2D eigenvalue weighted by molar-refractivity contribution is 0.0949. The number of carbonyl (C=O) groups excluding carboxylic acids is 1. The maximum atomic E-state index is 12.0. The van der Waals surface area contributed by atoms with Crippen LogP contribution in [0.2, 0.25) is 0 Å². The van der Waals surface area contributed by atoms with Gasteiger partial charge in [-0.1, -0.05) is 18.2 Å². The number of carbonyl (C=O) groups is 1. The molecule has 1 amide bonds. The predicted octanol–water partition coefficient (Wildman–Crippen LogP) is 0.841. The lowest BCUT2D eigenvalue weighted by Gasteiger charge is -2.08. The Morgan fingerprint density at radius 1 is 1.39 bits per heavy atom. The van der Waals surface area contributed by atoms with Crippen molar-refractivity contribution in [2.45, 2.75) is 13.0 Å². The first-order valence-corrected chi connectivity index (χ1v) is 5.85. The fourth-order valence-electron chi connectivity index (χ4n) is 1.77. The number of rotatable bonds is 5. The second kappa shape index (κ2) is 5.97. The van der Waals surface area contributed by atoms with Crippen LogP contribution in [0.5, 0.6) is 0 Å². The molecule has 0 bridgehead atoms. The molecule has 0 spiro atoms. The predicted molar refractivity (Wildman–Crippen MR) is 69.0 cm³/mol.